The second kappa shape index (κ2) is 19.1. The van der Waals surface area contributed by atoms with Crippen LogP contribution in [0.15, 0.2) is 91.4 Å². The molecule has 63 heavy (non-hydrogen) atoms. The maximum atomic E-state index is 13.5. The van der Waals surface area contributed by atoms with Gasteiger partial charge in [-0.05, 0) is 72.8 Å². The molecule has 0 fully saturated rings. The van der Waals surface area contributed by atoms with E-state index in [-0.39, 0.29) is 57.6 Å². The Balaban J connectivity index is 1.09. The lowest BCUT2D eigenvalue weighted by Crippen LogP contribution is -2.45. The number of phenols is 2. The molecule has 1 atom stereocenters. The molecule has 3 aromatic heterocycles. The van der Waals surface area contributed by atoms with E-state index in [1.165, 1.54) is 92.4 Å². The number of aromatic nitrogens is 5. The van der Waals surface area contributed by atoms with Crippen LogP contribution >= 0.6 is 0 Å². The van der Waals surface area contributed by atoms with Crippen molar-refractivity contribution < 1.29 is 53.6 Å². The van der Waals surface area contributed by atoms with Crippen LogP contribution in [0.1, 0.15) is 63.3 Å². The summed E-state index contributed by atoms with van der Waals surface area (Å²) in [4.78, 5) is 85.3. The van der Waals surface area contributed by atoms with Crippen LogP contribution in [0.4, 0.5) is 22.7 Å². The number of aromatic amines is 1. The number of carbonyl (C=O) groups excluding carboxylic acids is 5. The molecule has 6 aromatic rings. The predicted molar refractivity (Wildman–Crippen MR) is 220 cm³/mol. The number of ether oxygens (including phenoxy) is 2. The van der Waals surface area contributed by atoms with Gasteiger partial charge in [0.1, 0.15) is 23.0 Å². The average Bonchev–Trinajstić information content (AvgIpc) is 3.80. The summed E-state index contributed by atoms with van der Waals surface area (Å²) in [6, 6.07) is 16.9. The fourth-order valence-corrected chi connectivity index (χ4v) is 5.79. The van der Waals surface area contributed by atoms with E-state index in [0.29, 0.717) is 16.8 Å². The van der Waals surface area contributed by atoms with Crippen LogP contribution < -0.4 is 36.1 Å². The third-order valence-electron chi connectivity index (χ3n) is 8.94. The van der Waals surface area contributed by atoms with Crippen LogP contribution in [0.3, 0.4) is 0 Å². The number of H-pyrrole nitrogens is 1. The number of hydrogen-bond donors (Lipinski definition) is 9. The number of benzene rings is 3. The Labute approximate surface area is 354 Å². The average molecular weight is 856 g/mol. The van der Waals surface area contributed by atoms with Crippen LogP contribution in [0.2, 0.25) is 0 Å². The minimum atomic E-state index is -1.43. The van der Waals surface area contributed by atoms with Gasteiger partial charge < -0.3 is 51.4 Å². The standard InChI is InChI=1S/C41H33N11O11/c1-62-34-28(13-9-25(32(34)53)37(56)48-27-14-10-26(41(60)61)33(54)35(27)63-2)49-38(57)29-12-8-23(18-44-29)47-40(59)31(15-24-19-45-52-51-24)50-39(58)30-11-7-22(17-43-30)46-36(55)21-5-3-20(16-42)4-6-21/h3-14,17-19,31,53-54H,15H2,1-2H3,(H,46,55)(H,47,59)(H,48,56)(H,49,57)(H,50,58)(H,60,61)(H,45,51,52)/t31-/m0/s1. The third kappa shape index (κ3) is 10.1. The Kier molecular flexibility index (Phi) is 13.1. The molecular formula is C41H33N11O11. The number of aromatic hydroxyl groups is 2. The number of carbonyl (C=O) groups is 6. The Morgan fingerprint density at radius 1 is 0.683 bits per heavy atom. The molecule has 0 unspecified atom stereocenters. The number of phenolic OH excluding ortho intramolecular Hbond substituents is 1. The van der Waals surface area contributed by atoms with Crippen LogP contribution in [0.5, 0.6) is 23.0 Å². The summed E-state index contributed by atoms with van der Waals surface area (Å²) in [5.41, 5.74) is 0.314. The second-order valence-corrected chi connectivity index (χ2v) is 13.0. The Morgan fingerprint density at radius 3 is 1.79 bits per heavy atom. The molecule has 0 aliphatic rings. The molecule has 318 valence electrons. The van der Waals surface area contributed by atoms with Gasteiger partial charge in [-0.25, -0.2) is 14.8 Å². The molecule has 0 spiro atoms. The molecule has 0 saturated carbocycles. The third-order valence-corrected chi connectivity index (χ3v) is 8.94. The smallest absolute Gasteiger partial charge is 0.339 e. The number of carboxylic acids is 1. The van der Waals surface area contributed by atoms with Crippen molar-refractivity contribution in [1.82, 2.24) is 30.7 Å². The number of rotatable bonds is 15. The van der Waals surface area contributed by atoms with E-state index in [2.05, 4.69) is 52.0 Å². The second-order valence-electron chi connectivity index (χ2n) is 13.0. The fraction of sp³-hybridized carbons (Fsp3) is 0.0976. The van der Waals surface area contributed by atoms with Gasteiger partial charge in [0.15, 0.2) is 23.0 Å². The number of amides is 5. The Morgan fingerprint density at radius 2 is 1.25 bits per heavy atom. The zero-order valence-corrected chi connectivity index (χ0v) is 32.8. The van der Waals surface area contributed by atoms with Gasteiger partial charge in [-0.15, -0.1) is 0 Å². The molecule has 5 amide bonds. The number of nitriles is 1. The van der Waals surface area contributed by atoms with Gasteiger partial charge in [0, 0.05) is 12.0 Å². The molecule has 6 rings (SSSR count). The zero-order chi connectivity index (χ0) is 45.2. The van der Waals surface area contributed by atoms with Crippen molar-refractivity contribution >= 4 is 58.3 Å². The van der Waals surface area contributed by atoms with E-state index in [1.54, 1.807) is 0 Å². The van der Waals surface area contributed by atoms with Crippen molar-refractivity contribution in [2.24, 2.45) is 0 Å². The number of anilines is 4. The zero-order valence-electron chi connectivity index (χ0n) is 32.8. The van der Waals surface area contributed by atoms with Gasteiger partial charge >= 0.3 is 5.97 Å². The minimum Gasteiger partial charge on any atom is -0.504 e. The van der Waals surface area contributed by atoms with Crippen molar-refractivity contribution in [2.75, 3.05) is 35.5 Å². The van der Waals surface area contributed by atoms with Crippen LogP contribution in [-0.4, -0.2) is 96.5 Å². The van der Waals surface area contributed by atoms with Crippen LogP contribution in [0.25, 0.3) is 0 Å². The summed E-state index contributed by atoms with van der Waals surface area (Å²) in [5, 5.41) is 62.4. The lowest BCUT2D eigenvalue weighted by atomic mass is 10.1. The molecule has 22 nitrogen and oxygen atoms in total. The number of methoxy groups -OCH3 is 2. The van der Waals surface area contributed by atoms with Gasteiger partial charge in [0.2, 0.25) is 5.91 Å². The molecule has 0 aliphatic heterocycles. The summed E-state index contributed by atoms with van der Waals surface area (Å²) >= 11 is 0. The summed E-state index contributed by atoms with van der Waals surface area (Å²) < 4.78 is 10.3. The highest BCUT2D eigenvalue weighted by molar-refractivity contribution is 6.10. The van der Waals surface area contributed by atoms with Crippen molar-refractivity contribution in [1.29, 1.82) is 5.26 Å². The molecular weight excluding hydrogens is 823 g/mol. The molecule has 0 aliphatic carbocycles. The van der Waals surface area contributed by atoms with Gasteiger partial charge in [0.25, 0.3) is 23.6 Å². The molecule has 3 aromatic carbocycles. The van der Waals surface area contributed by atoms with Gasteiger partial charge in [-0.3, -0.25) is 24.0 Å². The number of hydrogen-bond acceptors (Lipinski definition) is 15. The Bertz CT molecular complexity index is 2760. The first-order valence-corrected chi connectivity index (χ1v) is 18.2. The van der Waals surface area contributed by atoms with Crippen molar-refractivity contribution in [3.8, 4) is 29.1 Å². The minimum absolute atomic E-state index is 0.0554. The van der Waals surface area contributed by atoms with Crippen molar-refractivity contribution in [3.05, 3.63) is 131 Å². The number of pyridine rings is 2. The maximum absolute atomic E-state index is 13.5. The van der Waals surface area contributed by atoms with E-state index in [0.717, 1.165) is 13.2 Å². The summed E-state index contributed by atoms with van der Waals surface area (Å²) in [5.74, 6) is -7.01. The molecule has 0 saturated heterocycles. The van der Waals surface area contributed by atoms with Crippen LogP contribution in [0, 0.1) is 11.3 Å². The van der Waals surface area contributed by atoms with Gasteiger partial charge in [-0.1, -0.05) is 0 Å². The Hall–Kier alpha value is -9.39. The topological polar surface area (TPSA) is 333 Å². The normalized spacial score (nSPS) is 10.9. The fourth-order valence-electron chi connectivity index (χ4n) is 5.79. The molecule has 3 heterocycles. The highest BCUT2D eigenvalue weighted by Gasteiger charge is 2.26. The quantitative estimate of drug-likeness (QED) is 0.0715. The first-order chi connectivity index (χ1) is 30.3. The molecule has 0 bridgehead atoms. The maximum Gasteiger partial charge on any atom is 0.339 e. The monoisotopic (exact) mass is 855 g/mol. The number of aromatic carboxylic acids is 1. The van der Waals surface area contributed by atoms with Crippen molar-refractivity contribution in [2.45, 2.75) is 12.5 Å². The van der Waals surface area contributed by atoms with Gasteiger partial charge in [-0.2, -0.15) is 20.7 Å². The number of carboxylic acid groups (broad SMARTS) is 1. The predicted octanol–water partition coefficient (Wildman–Crippen LogP) is 3.33. The van der Waals surface area contributed by atoms with E-state index in [4.69, 9.17) is 14.7 Å². The lowest BCUT2D eigenvalue weighted by molar-refractivity contribution is -0.118. The highest BCUT2D eigenvalue weighted by Crippen LogP contribution is 2.40. The summed E-state index contributed by atoms with van der Waals surface area (Å²) in [6.07, 6.45) is 3.73. The number of nitrogens with zero attached hydrogens (tertiary/aromatic N) is 5. The summed E-state index contributed by atoms with van der Waals surface area (Å²) in [6.45, 7) is 0. The molecule has 9 N–H and O–H groups in total. The van der Waals surface area contributed by atoms with Crippen LogP contribution in [-0.2, 0) is 11.2 Å². The van der Waals surface area contributed by atoms with E-state index >= 15 is 0 Å². The largest absolute Gasteiger partial charge is 0.504 e. The van der Waals surface area contributed by atoms with Crippen molar-refractivity contribution in [3.63, 3.8) is 0 Å². The van der Waals surface area contributed by atoms with Gasteiger partial charge in [0.05, 0.1) is 78.4 Å². The van der Waals surface area contributed by atoms with E-state index < -0.39 is 58.6 Å². The van der Waals surface area contributed by atoms with E-state index in [1.807, 2.05) is 6.07 Å². The first kappa shape index (κ1) is 43.2. The summed E-state index contributed by atoms with van der Waals surface area (Å²) in [7, 11) is 2.34. The van der Waals surface area contributed by atoms with E-state index in [9.17, 15) is 44.1 Å². The lowest BCUT2D eigenvalue weighted by Gasteiger charge is -2.18. The number of nitrogens with one attached hydrogen (secondary N) is 6. The molecule has 0 radical (unpaired) electrons. The SMILES string of the molecule is COc1c(NC(=O)c2ccc(NC(=O)c3ccc(NC(=O)[C@H](Cc4cn[nH]n4)NC(=O)c4ccc(NC(=O)c5ccc(C#N)cc5)cn4)cn3)c(OC)c2O)ccc(C(=O)O)c1O. The first-order valence-electron chi connectivity index (χ1n) is 18.2. The highest BCUT2D eigenvalue weighted by atomic mass is 16.5. The molecule has 22 heteroatoms.